The van der Waals surface area contributed by atoms with Gasteiger partial charge in [-0.2, -0.15) is 0 Å². The maximum atomic E-state index is 13.7. The molecule has 1 aliphatic heterocycles. The van der Waals surface area contributed by atoms with Gasteiger partial charge in [-0.3, -0.25) is 14.5 Å². The number of nitrogens with zero attached hydrogens (tertiary/aromatic N) is 1. The number of anilines is 1. The number of aliphatic hydroxyl groups is 1. The van der Waals surface area contributed by atoms with E-state index < -0.39 is 23.5 Å². The Morgan fingerprint density at radius 3 is 2.36 bits per heavy atom. The van der Waals surface area contributed by atoms with Crippen molar-refractivity contribution >= 4 is 39.9 Å². The summed E-state index contributed by atoms with van der Waals surface area (Å²) in [6.07, 6.45) is 0. The first-order valence-corrected chi connectivity index (χ1v) is 11.2. The molecule has 2 heterocycles. The number of furan rings is 1. The van der Waals surface area contributed by atoms with Crippen LogP contribution in [0.25, 0.3) is 11.0 Å². The third-order valence-electron chi connectivity index (χ3n) is 6.03. The highest BCUT2D eigenvalue weighted by molar-refractivity contribution is 6.32. The summed E-state index contributed by atoms with van der Waals surface area (Å²) < 4.78 is 16.3. The number of Topliss-reactive ketones (excluding diaryl/α,β-unsaturated/α-hetero) is 1. The second-order valence-electron chi connectivity index (χ2n) is 8.07. The van der Waals surface area contributed by atoms with Crippen LogP contribution in [0.4, 0.5) is 5.69 Å². The molecule has 8 nitrogen and oxygen atoms in total. The number of para-hydroxylation sites is 1. The number of carbonyl (C=O) groups is 2. The Bertz CT molecular complexity index is 1540. The summed E-state index contributed by atoms with van der Waals surface area (Å²) in [6, 6.07) is 16.4. The van der Waals surface area contributed by atoms with Crippen molar-refractivity contribution < 1.29 is 33.7 Å². The number of carbonyl (C=O) groups excluding carboxylic acids is 2. The lowest BCUT2D eigenvalue weighted by Crippen LogP contribution is -2.31. The number of ether oxygens (including phenoxy) is 2. The van der Waals surface area contributed by atoms with Crippen LogP contribution in [0.1, 0.15) is 22.2 Å². The van der Waals surface area contributed by atoms with Gasteiger partial charge in [0.2, 0.25) is 5.78 Å². The Morgan fingerprint density at radius 2 is 1.69 bits per heavy atom. The number of aliphatic hydroxyl groups excluding tert-OH is 1. The average molecular weight is 506 g/mol. The van der Waals surface area contributed by atoms with Gasteiger partial charge in [-0.25, -0.2) is 0 Å². The number of ketones is 1. The van der Waals surface area contributed by atoms with E-state index in [1.165, 1.54) is 43.4 Å². The number of rotatable bonds is 6. The van der Waals surface area contributed by atoms with Gasteiger partial charge >= 0.3 is 0 Å². The highest BCUT2D eigenvalue weighted by Gasteiger charge is 2.45. The number of methoxy groups -OCH3 is 2. The minimum atomic E-state index is -1.02. The zero-order chi connectivity index (χ0) is 25.6. The van der Waals surface area contributed by atoms with Crippen LogP contribution in [0.5, 0.6) is 17.2 Å². The van der Waals surface area contributed by atoms with Gasteiger partial charge in [0.25, 0.3) is 5.91 Å². The van der Waals surface area contributed by atoms with Crippen molar-refractivity contribution in [3.8, 4) is 17.2 Å². The molecule has 182 valence electrons. The molecule has 0 bridgehead atoms. The Balaban J connectivity index is 1.66. The van der Waals surface area contributed by atoms with Gasteiger partial charge in [0, 0.05) is 11.1 Å². The summed E-state index contributed by atoms with van der Waals surface area (Å²) in [4.78, 5) is 28.3. The lowest BCUT2D eigenvalue weighted by molar-refractivity contribution is -0.117. The Morgan fingerprint density at radius 1 is 0.972 bits per heavy atom. The lowest BCUT2D eigenvalue weighted by atomic mass is 9.94. The predicted octanol–water partition coefficient (Wildman–Crippen LogP) is 5.59. The van der Waals surface area contributed by atoms with Crippen molar-refractivity contribution in [2.75, 3.05) is 19.1 Å². The van der Waals surface area contributed by atoms with E-state index in [0.717, 1.165) is 0 Å². The Kier molecular flexibility index (Phi) is 5.81. The third-order valence-corrected chi connectivity index (χ3v) is 6.32. The molecule has 0 fully saturated rings. The zero-order valence-corrected chi connectivity index (χ0v) is 19.9. The van der Waals surface area contributed by atoms with Crippen molar-refractivity contribution in [2.24, 2.45) is 0 Å². The molecule has 0 saturated heterocycles. The second-order valence-corrected chi connectivity index (χ2v) is 8.48. The van der Waals surface area contributed by atoms with Crippen LogP contribution < -0.4 is 14.4 Å². The summed E-state index contributed by atoms with van der Waals surface area (Å²) in [6.45, 7) is 0. The molecule has 1 amide bonds. The van der Waals surface area contributed by atoms with E-state index in [1.54, 1.807) is 42.5 Å². The van der Waals surface area contributed by atoms with Crippen molar-refractivity contribution in [1.29, 1.82) is 0 Å². The van der Waals surface area contributed by atoms with Gasteiger partial charge in [-0.15, -0.1) is 0 Å². The summed E-state index contributed by atoms with van der Waals surface area (Å²) in [5, 5.41) is 21.6. The van der Waals surface area contributed by atoms with Gasteiger partial charge in [-0.05, 0) is 48.0 Å². The van der Waals surface area contributed by atoms with E-state index >= 15 is 0 Å². The number of phenolic OH excluding ortho intramolecular Hbond substituents is 1. The maximum absolute atomic E-state index is 13.7. The van der Waals surface area contributed by atoms with Crippen molar-refractivity contribution in [3.05, 3.63) is 94.4 Å². The standard InChI is InChI=1S/C27H20ClNO7/c1-34-19-11-8-16(13-18(19)28)29-23(14-6-9-17(30)10-7-14)22(25(32)27(29)33)24(31)21-12-15-4-3-5-20(35-2)26(15)36-21/h3-13,23,30,32H,1-2H3. The van der Waals surface area contributed by atoms with Crippen LogP contribution in [-0.2, 0) is 4.79 Å². The largest absolute Gasteiger partial charge is 0.508 e. The molecule has 1 unspecified atom stereocenters. The van der Waals surface area contributed by atoms with Crippen LogP contribution >= 0.6 is 11.6 Å². The zero-order valence-electron chi connectivity index (χ0n) is 19.2. The van der Waals surface area contributed by atoms with Gasteiger partial charge < -0.3 is 24.1 Å². The molecular formula is C27H20ClNO7. The lowest BCUT2D eigenvalue weighted by Gasteiger charge is -2.27. The first kappa shape index (κ1) is 23.3. The topological polar surface area (TPSA) is 109 Å². The van der Waals surface area contributed by atoms with E-state index in [1.807, 2.05) is 0 Å². The molecule has 1 atom stereocenters. The molecule has 0 aliphatic carbocycles. The normalized spacial score (nSPS) is 15.6. The second kappa shape index (κ2) is 8.98. The number of hydrogen-bond acceptors (Lipinski definition) is 7. The molecule has 1 aromatic heterocycles. The molecule has 2 N–H and O–H groups in total. The summed E-state index contributed by atoms with van der Waals surface area (Å²) >= 11 is 6.31. The highest BCUT2D eigenvalue weighted by atomic mass is 35.5. The van der Waals surface area contributed by atoms with Crippen molar-refractivity contribution in [1.82, 2.24) is 0 Å². The van der Waals surface area contributed by atoms with E-state index in [9.17, 15) is 19.8 Å². The van der Waals surface area contributed by atoms with Gasteiger partial charge in [0.15, 0.2) is 22.9 Å². The third kappa shape index (κ3) is 3.72. The number of phenols is 1. The summed E-state index contributed by atoms with van der Waals surface area (Å²) in [5.41, 5.74) is 1.02. The molecule has 0 radical (unpaired) electrons. The fraction of sp³-hybridized carbons (Fsp3) is 0.111. The number of hydrogen-bond donors (Lipinski definition) is 2. The summed E-state index contributed by atoms with van der Waals surface area (Å²) in [5.74, 6) is -1.38. The van der Waals surface area contributed by atoms with Gasteiger partial charge in [0.05, 0.1) is 30.9 Å². The van der Waals surface area contributed by atoms with Crippen molar-refractivity contribution in [3.63, 3.8) is 0 Å². The molecule has 9 heteroatoms. The number of benzene rings is 3. The highest BCUT2D eigenvalue weighted by Crippen LogP contribution is 2.44. The molecular weight excluding hydrogens is 486 g/mol. The van der Waals surface area contributed by atoms with E-state index in [-0.39, 0.29) is 22.1 Å². The predicted molar refractivity (Wildman–Crippen MR) is 133 cm³/mol. The fourth-order valence-electron chi connectivity index (χ4n) is 4.32. The molecule has 3 aromatic carbocycles. The molecule has 36 heavy (non-hydrogen) atoms. The Labute approximate surface area is 210 Å². The van der Waals surface area contributed by atoms with Gasteiger partial charge in [0.1, 0.15) is 11.5 Å². The molecule has 1 aliphatic rings. The average Bonchev–Trinajstić information content (AvgIpc) is 3.43. The first-order valence-electron chi connectivity index (χ1n) is 10.8. The molecule has 4 aromatic rings. The first-order chi connectivity index (χ1) is 17.3. The van der Waals surface area contributed by atoms with Crippen LogP contribution in [0, 0.1) is 0 Å². The van der Waals surface area contributed by atoms with Crippen LogP contribution in [0.2, 0.25) is 5.02 Å². The van der Waals surface area contributed by atoms with E-state index in [4.69, 9.17) is 25.5 Å². The Hall–Kier alpha value is -4.43. The van der Waals surface area contributed by atoms with Crippen LogP contribution in [-0.4, -0.2) is 36.1 Å². The summed E-state index contributed by atoms with van der Waals surface area (Å²) in [7, 11) is 2.95. The maximum Gasteiger partial charge on any atom is 0.294 e. The van der Waals surface area contributed by atoms with E-state index in [2.05, 4.69) is 0 Å². The van der Waals surface area contributed by atoms with Crippen molar-refractivity contribution in [2.45, 2.75) is 6.04 Å². The molecule has 5 rings (SSSR count). The molecule has 0 saturated carbocycles. The van der Waals surface area contributed by atoms with Crippen LogP contribution in [0.3, 0.4) is 0 Å². The number of aromatic hydroxyl groups is 1. The monoisotopic (exact) mass is 505 g/mol. The quantitative estimate of drug-likeness (QED) is 0.328. The number of halogens is 1. The fourth-order valence-corrected chi connectivity index (χ4v) is 4.57. The number of fused-ring (bicyclic) bond motifs is 1. The van der Waals surface area contributed by atoms with Gasteiger partial charge in [-0.1, -0.05) is 35.9 Å². The smallest absolute Gasteiger partial charge is 0.294 e. The van der Waals surface area contributed by atoms with E-state index in [0.29, 0.717) is 33.7 Å². The minimum Gasteiger partial charge on any atom is -0.508 e. The SMILES string of the molecule is COc1ccc(N2C(=O)C(O)=C(C(=O)c3cc4cccc(OC)c4o3)C2c2ccc(O)cc2)cc1Cl. The minimum absolute atomic E-state index is 0.00701. The van der Waals surface area contributed by atoms with Crippen LogP contribution in [0.15, 0.2) is 82.5 Å². The number of amides is 1. The molecule has 0 spiro atoms.